The summed E-state index contributed by atoms with van der Waals surface area (Å²) in [7, 11) is -3.36. The number of guanidine groups is 1. The van der Waals surface area contributed by atoms with Crippen molar-refractivity contribution in [1.82, 2.24) is 10.3 Å². The molecule has 8 heteroatoms. The minimum atomic E-state index is -3.36. The average molecular weight is 360 g/mol. The van der Waals surface area contributed by atoms with E-state index in [-0.39, 0.29) is 23.4 Å². The average Bonchev–Trinajstić information content (AvgIpc) is 2.60. The van der Waals surface area contributed by atoms with Crippen LogP contribution < -0.4 is 15.8 Å². The van der Waals surface area contributed by atoms with Crippen molar-refractivity contribution in [2.75, 3.05) is 12.9 Å². The van der Waals surface area contributed by atoms with Gasteiger partial charge in [-0.15, -0.1) is 0 Å². The molecule has 1 atom stereocenters. The number of aromatic nitrogens is 1. The summed E-state index contributed by atoms with van der Waals surface area (Å²) < 4.78 is 29.2. The summed E-state index contributed by atoms with van der Waals surface area (Å²) in [6, 6.07) is 10.9. The van der Waals surface area contributed by atoms with Crippen LogP contribution in [0, 0.1) is 0 Å². The molecule has 0 aliphatic carbocycles. The zero-order chi connectivity index (χ0) is 17.9. The summed E-state index contributed by atoms with van der Waals surface area (Å²) in [5, 5.41) is 3.17. The zero-order valence-corrected chi connectivity index (χ0v) is 14.7. The van der Waals surface area contributed by atoms with Crippen molar-refractivity contribution in [2.24, 2.45) is 10.7 Å². The van der Waals surface area contributed by atoms with Crippen LogP contribution in [0.3, 0.4) is 0 Å². The maximum atomic E-state index is 11.8. The Morgan fingerprint density at radius 3 is 2.96 bits per heavy atom. The van der Waals surface area contributed by atoms with Gasteiger partial charge in [-0.3, -0.25) is 4.98 Å². The van der Waals surface area contributed by atoms with Gasteiger partial charge < -0.3 is 15.8 Å². The summed E-state index contributed by atoms with van der Waals surface area (Å²) in [5.74, 6) is 1.08. The fraction of sp³-hybridized carbons (Fsp3) is 0.294. The molecule has 25 heavy (non-hydrogen) atoms. The number of fused-ring (bicyclic) bond motifs is 1. The standard InChI is InChI=1S/C17H20N4O3S/c1-25(22,23)16-7-4-9-19-14(16)11-20-17(18)21-13-8-10-24-15-6-3-2-5-12(13)15/h2-7,9,13H,8,10-11H2,1H3,(H3,18,20,21). The molecule has 1 aromatic carbocycles. The van der Waals surface area contributed by atoms with Gasteiger partial charge in [0.25, 0.3) is 0 Å². The fourth-order valence-electron chi connectivity index (χ4n) is 2.76. The van der Waals surface area contributed by atoms with Gasteiger partial charge in [-0.25, -0.2) is 13.4 Å². The van der Waals surface area contributed by atoms with Gasteiger partial charge in [0.05, 0.1) is 29.8 Å². The number of para-hydroxylation sites is 1. The number of rotatable bonds is 4. The number of ether oxygens (including phenoxy) is 1. The van der Waals surface area contributed by atoms with Crippen molar-refractivity contribution in [3.05, 3.63) is 53.9 Å². The SMILES string of the molecule is CS(=O)(=O)c1cccnc1CN=C(N)NC1CCOc2ccccc21. The number of pyridine rings is 1. The van der Waals surface area contributed by atoms with Crippen molar-refractivity contribution >= 4 is 15.8 Å². The number of nitrogens with zero attached hydrogens (tertiary/aromatic N) is 2. The third-order valence-corrected chi connectivity index (χ3v) is 5.10. The van der Waals surface area contributed by atoms with Gasteiger partial charge in [0.2, 0.25) is 0 Å². The molecule has 2 heterocycles. The van der Waals surface area contributed by atoms with Crippen LogP contribution in [-0.2, 0) is 16.4 Å². The van der Waals surface area contributed by atoms with Gasteiger partial charge in [0.15, 0.2) is 15.8 Å². The lowest BCUT2D eigenvalue weighted by atomic mass is 10.0. The van der Waals surface area contributed by atoms with Crippen LogP contribution in [0.5, 0.6) is 5.75 Å². The lowest BCUT2D eigenvalue weighted by Gasteiger charge is -2.26. The van der Waals surface area contributed by atoms with Crippen molar-refractivity contribution in [3.63, 3.8) is 0 Å². The predicted octanol–water partition coefficient (Wildman–Crippen LogP) is 1.41. The quantitative estimate of drug-likeness (QED) is 0.631. The molecule has 0 amide bonds. The van der Waals surface area contributed by atoms with Crippen LogP contribution in [-0.4, -0.2) is 32.2 Å². The third kappa shape index (κ3) is 4.08. The zero-order valence-electron chi connectivity index (χ0n) is 13.8. The van der Waals surface area contributed by atoms with Gasteiger partial charge in [-0.05, 0) is 18.2 Å². The second-order valence-electron chi connectivity index (χ2n) is 5.79. The van der Waals surface area contributed by atoms with E-state index in [9.17, 15) is 8.42 Å². The highest BCUT2D eigenvalue weighted by Gasteiger charge is 2.21. The van der Waals surface area contributed by atoms with E-state index in [1.54, 1.807) is 6.07 Å². The van der Waals surface area contributed by atoms with E-state index in [4.69, 9.17) is 10.5 Å². The van der Waals surface area contributed by atoms with Crippen LogP contribution in [0.4, 0.5) is 0 Å². The van der Waals surface area contributed by atoms with Crippen molar-refractivity contribution in [2.45, 2.75) is 23.9 Å². The van der Waals surface area contributed by atoms with E-state index < -0.39 is 9.84 Å². The molecular formula is C17H20N4O3S. The van der Waals surface area contributed by atoms with Gasteiger partial charge in [-0.2, -0.15) is 0 Å². The molecular weight excluding hydrogens is 340 g/mol. The van der Waals surface area contributed by atoms with Crippen molar-refractivity contribution in [3.8, 4) is 5.75 Å². The fourth-order valence-corrected chi connectivity index (χ4v) is 3.63. The van der Waals surface area contributed by atoms with Gasteiger partial charge in [0.1, 0.15) is 5.75 Å². The second-order valence-corrected chi connectivity index (χ2v) is 7.78. The van der Waals surface area contributed by atoms with E-state index >= 15 is 0 Å². The second kappa shape index (κ2) is 7.10. The van der Waals surface area contributed by atoms with E-state index in [1.165, 1.54) is 12.3 Å². The first kappa shape index (κ1) is 17.2. The van der Waals surface area contributed by atoms with Crippen LogP contribution >= 0.6 is 0 Å². The Labute approximate surface area is 146 Å². The smallest absolute Gasteiger partial charge is 0.189 e. The highest BCUT2D eigenvalue weighted by molar-refractivity contribution is 7.90. The molecule has 132 valence electrons. The summed E-state index contributed by atoms with van der Waals surface area (Å²) >= 11 is 0. The van der Waals surface area contributed by atoms with E-state index in [1.807, 2.05) is 24.3 Å². The molecule has 1 aliphatic heterocycles. The number of benzene rings is 1. The van der Waals surface area contributed by atoms with Crippen LogP contribution in [0.15, 0.2) is 52.5 Å². The Kier molecular flexibility index (Phi) is 4.89. The Morgan fingerprint density at radius 2 is 2.16 bits per heavy atom. The summed E-state index contributed by atoms with van der Waals surface area (Å²) in [4.78, 5) is 8.53. The molecule has 1 aliphatic rings. The minimum absolute atomic E-state index is 0.00631. The number of hydrogen-bond donors (Lipinski definition) is 2. The van der Waals surface area contributed by atoms with Crippen LogP contribution in [0.25, 0.3) is 0 Å². The molecule has 0 spiro atoms. The predicted molar refractivity (Wildman–Crippen MR) is 95.1 cm³/mol. The Morgan fingerprint density at radius 1 is 1.36 bits per heavy atom. The molecule has 0 saturated carbocycles. The van der Waals surface area contributed by atoms with E-state index in [0.717, 1.165) is 24.0 Å². The molecule has 0 bridgehead atoms. The lowest BCUT2D eigenvalue weighted by Crippen LogP contribution is -2.37. The topological polar surface area (TPSA) is 107 Å². The van der Waals surface area contributed by atoms with E-state index in [0.29, 0.717) is 12.3 Å². The summed E-state index contributed by atoms with van der Waals surface area (Å²) in [6.45, 7) is 0.688. The number of nitrogens with two attached hydrogens (primary N) is 1. The Bertz CT molecular complexity index is 896. The molecule has 7 nitrogen and oxygen atoms in total. The minimum Gasteiger partial charge on any atom is -0.493 e. The van der Waals surface area contributed by atoms with Crippen molar-refractivity contribution in [1.29, 1.82) is 0 Å². The number of hydrogen-bond acceptors (Lipinski definition) is 5. The summed E-state index contributed by atoms with van der Waals surface area (Å²) in [5.41, 5.74) is 7.40. The molecule has 3 N–H and O–H groups in total. The highest BCUT2D eigenvalue weighted by atomic mass is 32.2. The molecule has 3 rings (SSSR count). The molecule has 2 aromatic rings. The van der Waals surface area contributed by atoms with E-state index in [2.05, 4.69) is 15.3 Å². The normalized spacial score (nSPS) is 17.5. The number of nitrogens with one attached hydrogen (secondary N) is 1. The summed E-state index contributed by atoms with van der Waals surface area (Å²) in [6.07, 6.45) is 3.46. The molecule has 0 saturated heterocycles. The Balaban J connectivity index is 1.74. The largest absolute Gasteiger partial charge is 0.493 e. The maximum absolute atomic E-state index is 11.8. The third-order valence-electron chi connectivity index (χ3n) is 3.93. The van der Waals surface area contributed by atoms with Gasteiger partial charge >= 0.3 is 0 Å². The molecule has 1 unspecified atom stereocenters. The first-order valence-corrected chi connectivity index (χ1v) is 9.76. The lowest BCUT2D eigenvalue weighted by molar-refractivity contribution is 0.262. The Hall–Kier alpha value is -2.61. The first-order valence-electron chi connectivity index (χ1n) is 7.87. The molecule has 0 fully saturated rings. The number of sulfone groups is 1. The highest BCUT2D eigenvalue weighted by Crippen LogP contribution is 2.31. The monoisotopic (exact) mass is 360 g/mol. The maximum Gasteiger partial charge on any atom is 0.189 e. The van der Waals surface area contributed by atoms with Crippen LogP contribution in [0.1, 0.15) is 23.7 Å². The first-order chi connectivity index (χ1) is 11.9. The van der Waals surface area contributed by atoms with Crippen molar-refractivity contribution < 1.29 is 13.2 Å². The van der Waals surface area contributed by atoms with Gasteiger partial charge in [0, 0.05) is 24.4 Å². The van der Waals surface area contributed by atoms with Crippen LogP contribution in [0.2, 0.25) is 0 Å². The van der Waals surface area contributed by atoms with Gasteiger partial charge in [-0.1, -0.05) is 18.2 Å². The molecule has 0 radical (unpaired) electrons. The molecule has 1 aromatic heterocycles. The number of aliphatic imine (C=N–C) groups is 1.